The first kappa shape index (κ1) is 10.5. The van der Waals surface area contributed by atoms with Crippen LogP contribution in [0.3, 0.4) is 0 Å². The fourth-order valence-electron chi connectivity index (χ4n) is 2.19. The summed E-state index contributed by atoms with van der Waals surface area (Å²) in [5.41, 5.74) is 10.9. The molecule has 1 aliphatic carbocycles. The Hall–Kier alpha value is -0.570. The minimum Gasteiger partial charge on any atom is -0.370 e. The predicted octanol–water partition coefficient (Wildman–Crippen LogP) is 1.16. The molecule has 1 unspecified atom stereocenters. The Bertz CT molecular complexity index is 164. The van der Waals surface area contributed by atoms with Crippen molar-refractivity contribution in [2.24, 2.45) is 17.4 Å². The molecule has 0 aromatic carbocycles. The van der Waals surface area contributed by atoms with Crippen LogP contribution in [0.15, 0.2) is 0 Å². The predicted molar refractivity (Wildman–Crippen MR) is 53.0 cm³/mol. The third kappa shape index (κ3) is 4.27. The number of primary amides is 1. The highest BCUT2D eigenvalue weighted by atomic mass is 16.1. The van der Waals surface area contributed by atoms with Gasteiger partial charge in [-0.05, 0) is 12.3 Å². The molecule has 3 heteroatoms. The lowest BCUT2D eigenvalue weighted by Gasteiger charge is -2.23. The average Bonchev–Trinajstić information content (AvgIpc) is 2.04. The van der Waals surface area contributed by atoms with Crippen molar-refractivity contribution < 1.29 is 4.79 Å². The number of carbonyl (C=O) groups is 1. The number of nitrogens with two attached hydrogens (primary N) is 2. The molecule has 1 atom stereocenters. The van der Waals surface area contributed by atoms with Crippen molar-refractivity contribution in [3.63, 3.8) is 0 Å². The van der Waals surface area contributed by atoms with Gasteiger partial charge in [-0.1, -0.05) is 32.1 Å². The Morgan fingerprint density at radius 3 is 2.46 bits per heavy atom. The van der Waals surface area contributed by atoms with Gasteiger partial charge in [-0.15, -0.1) is 0 Å². The zero-order valence-corrected chi connectivity index (χ0v) is 8.17. The fraction of sp³-hybridized carbons (Fsp3) is 0.900. The van der Waals surface area contributed by atoms with E-state index in [0.717, 1.165) is 12.3 Å². The highest BCUT2D eigenvalue weighted by Crippen LogP contribution is 2.27. The molecular weight excluding hydrogens is 164 g/mol. The Labute approximate surface area is 79.9 Å². The van der Waals surface area contributed by atoms with Crippen LogP contribution >= 0.6 is 0 Å². The van der Waals surface area contributed by atoms with Crippen molar-refractivity contribution in [1.29, 1.82) is 0 Å². The van der Waals surface area contributed by atoms with Gasteiger partial charge in [-0.2, -0.15) is 0 Å². The number of amides is 1. The van der Waals surface area contributed by atoms with E-state index in [2.05, 4.69) is 0 Å². The lowest BCUT2D eigenvalue weighted by atomic mass is 9.84. The largest absolute Gasteiger partial charge is 0.370 e. The summed E-state index contributed by atoms with van der Waals surface area (Å²) in [5.74, 6) is 0.464. The minimum atomic E-state index is -0.275. The van der Waals surface area contributed by atoms with Crippen molar-refractivity contribution in [2.45, 2.75) is 51.0 Å². The van der Waals surface area contributed by atoms with Gasteiger partial charge in [0.15, 0.2) is 0 Å². The maximum atomic E-state index is 10.6. The minimum absolute atomic E-state index is 0.0133. The quantitative estimate of drug-likeness (QED) is 0.688. The van der Waals surface area contributed by atoms with E-state index < -0.39 is 0 Å². The molecule has 1 saturated carbocycles. The molecule has 1 amide bonds. The Balaban J connectivity index is 2.18. The van der Waals surface area contributed by atoms with E-state index in [9.17, 15) is 4.79 Å². The van der Waals surface area contributed by atoms with Gasteiger partial charge in [0.1, 0.15) is 0 Å². The second kappa shape index (κ2) is 5.22. The first-order valence-electron chi connectivity index (χ1n) is 5.22. The zero-order valence-electron chi connectivity index (χ0n) is 8.17. The lowest BCUT2D eigenvalue weighted by molar-refractivity contribution is -0.118. The number of carbonyl (C=O) groups excluding carboxylic acids is 1. The van der Waals surface area contributed by atoms with Crippen LogP contribution in [0.2, 0.25) is 0 Å². The van der Waals surface area contributed by atoms with Gasteiger partial charge in [0.05, 0.1) is 0 Å². The molecule has 0 heterocycles. The summed E-state index contributed by atoms with van der Waals surface area (Å²) in [6.45, 7) is 0. The molecule has 1 rings (SSSR count). The van der Waals surface area contributed by atoms with Gasteiger partial charge in [0, 0.05) is 12.5 Å². The second-order valence-electron chi connectivity index (χ2n) is 4.17. The maximum absolute atomic E-state index is 10.6. The molecule has 0 saturated heterocycles. The molecule has 4 N–H and O–H groups in total. The van der Waals surface area contributed by atoms with Crippen LogP contribution in [0, 0.1) is 5.92 Å². The van der Waals surface area contributed by atoms with Crippen LogP contribution in [0.25, 0.3) is 0 Å². The molecule has 0 aromatic rings. The van der Waals surface area contributed by atoms with Crippen LogP contribution in [0.5, 0.6) is 0 Å². The highest BCUT2D eigenvalue weighted by molar-refractivity contribution is 5.74. The van der Waals surface area contributed by atoms with E-state index in [1.807, 2.05) is 0 Å². The van der Waals surface area contributed by atoms with Gasteiger partial charge in [0.2, 0.25) is 5.91 Å². The summed E-state index contributed by atoms with van der Waals surface area (Å²) in [6.07, 6.45) is 7.90. The first-order valence-corrected chi connectivity index (χ1v) is 5.22. The monoisotopic (exact) mass is 184 g/mol. The summed E-state index contributed by atoms with van der Waals surface area (Å²) in [6, 6.07) is -0.0133. The summed E-state index contributed by atoms with van der Waals surface area (Å²) in [7, 11) is 0. The second-order valence-corrected chi connectivity index (χ2v) is 4.17. The van der Waals surface area contributed by atoms with E-state index >= 15 is 0 Å². The van der Waals surface area contributed by atoms with Gasteiger partial charge in [0.25, 0.3) is 0 Å². The number of rotatable bonds is 4. The van der Waals surface area contributed by atoms with Gasteiger partial charge >= 0.3 is 0 Å². The van der Waals surface area contributed by atoms with Crippen LogP contribution in [-0.4, -0.2) is 11.9 Å². The molecular formula is C10H20N2O. The Morgan fingerprint density at radius 2 is 1.92 bits per heavy atom. The molecule has 0 radical (unpaired) electrons. The molecule has 13 heavy (non-hydrogen) atoms. The molecule has 0 spiro atoms. The maximum Gasteiger partial charge on any atom is 0.218 e. The molecule has 0 bridgehead atoms. The van der Waals surface area contributed by atoms with Crippen LogP contribution < -0.4 is 11.5 Å². The Morgan fingerprint density at radius 1 is 1.31 bits per heavy atom. The SMILES string of the molecule is NC(=O)CC(N)CC1CCCCC1. The molecule has 76 valence electrons. The van der Waals surface area contributed by atoms with Crippen LogP contribution in [0.1, 0.15) is 44.9 Å². The highest BCUT2D eigenvalue weighted by Gasteiger charge is 2.17. The van der Waals surface area contributed by atoms with E-state index in [0.29, 0.717) is 6.42 Å². The van der Waals surface area contributed by atoms with E-state index in [1.54, 1.807) is 0 Å². The molecule has 3 nitrogen and oxygen atoms in total. The fourth-order valence-corrected chi connectivity index (χ4v) is 2.19. The summed E-state index contributed by atoms with van der Waals surface area (Å²) in [5, 5.41) is 0. The van der Waals surface area contributed by atoms with Crippen molar-refractivity contribution in [1.82, 2.24) is 0 Å². The normalized spacial score (nSPS) is 21.3. The zero-order chi connectivity index (χ0) is 9.68. The van der Waals surface area contributed by atoms with E-state index in [1.165, 1.54) is 32.1 Å². The van der Waals surface area contributed by atoms with Crippen LogP contribution in [-0.2, 0) is 4.79 Å². The van der Waals surface area contributed by atoms with Crippen LogP contribution in [0.4, 0.5) is 0 Å². The molecule has 0 aliphatic heterocycles. The van der Waals surface area contributed by atoms with Gasteiger partial charge in [-0.25, -0.2) is 0 Å². The van der Waals surface area contributed by atoms with Crippen molar-refractivity contribution in [3.8, 4) is 0 Å². The third-order valence-electron chi connectivity index (χ3n) is 2.82. The van der Waals surface area contributed by atoms with Crippen molar-refractivity contribution >= 4 is 5.91 Å². The number of hydrogen-bond donors (Lipinski definition) is 2. The lowest BCUT2D eigenvalue weighted by Crippen LogP contribution is -2.30. The van der Waals surface area contributed by atoms with Crippen molar-refractivity contribution in [2.75, 3.05) is 0 Å². The van der Waals surface area contributed by atoms with Gasteiger partial charge in [-0.3, -0.25) is 4.79 Å². The van der Waals surface area contributed by atoms with Crippen molar-refractivity contribution in [3.05, 3.63) is 0 Å². The third-order valence-corrected chi connectivity index (χ3v) is 2.82. The molecule has 0 aromatic heterocycles. The standard InChI is InChI=1S/C10H20N2O/c11-9(7-10(12)13)6-8-4-2-1-3-5-8/h8-9H,1-7,11H2,(H2,12,13). The molecule has 1 fully saturated rings. The van der Waals surface area contributed by atoms with E-state index in [-0.39, 0.29) is 11.9 Å². The summed E-state index contributed by atoms with van der Waals surface area (Å²) in [4.78, 5) is 10.6. The van der Waals surface area contributed by atoms with Gasteiger partial charge < -0.3 is 11.5 Å². The smallest absolute Gasteiger partial charge is 0.218 e. The average molecular weight is 184 g/mol. The number of hydrogen-bond acceptors (Lipinski definition) is 2. The first-order chi connectivity index (χ1) is 6.18. The van der Waals surface area contributed by atoms with E-state index in [4.69, 9.17) is 11.5 Å². The Kier molecular flexibility index (Phi) is 4.22. The summed E-state index contributed by atoms with van der Waals surface area (Å²) < 4.78 is 0. The topological polar surface area (TPSA) is 69.1 Å². The molecule has 1 aliphatic rings. The summed E-state index contributed by atoms with van der Waals surface area (Å²) >= 11 is 0.